The van der Waals surface area contributed by atoms with Crippen LogP contribution in [0.25, 0.3) is 0 Å². The first-order valence-electron chi connectivity index (χ1n) is 8.21. The summed E-state index contributed by atoms with van der Waals surface area (Å²) in [5.74, 6) is 0.725. The van der Waals surface area contributed by atoms with Crippen molar-refractivity contribution in [1.82, 2.24) is 5.32 Å². The first kappa shape index (κ1) is 15.8. The summed E-state index contributed by atoms with van der Waals surface area (Å²) in [5.41, 5.74) is 3.98. The number of para-hydroxylation sites is 2. The molecule has 2 aromatic carbocycles. The van der Waals surface area contributed by atoms with Crippen molar-refractivity contribution in [1.29, 1.82) is 0 Å². The molecule has 2 aliphatic heterocycles. The quantitative estimate of drug-likeness (QED) is 0.862. The van der Waals surface area contributed by atoms with Crippen molar-refractivity contribution in [3.8, 4) is 5.75 Å². The van der Waals surface area contributed by atoms with E-state index in [0.717, 1.165) is 33.3 Å². The fourth-order valence-corrected chi connectivity index (χ4v) is 4.03. The Balaban J connectivity index is 1.76. The fraction of sp³-hybridized carbons (Fsp3) is 0.200. The minimum absolute atomic E-state index is 0.0207. The molecule has 4 nitrogen and oxygen atoms in total. The summed E-state index contributed by atoms with van der Waals surface area (Å²) >= 11 is 5.79. The van der Waals surface area contributed by atoms with Gasteiger partial charge < -0.3 is 15.0 Å². The molecule has 2 aliphatic rings. The molecule has 1 unspecified atom stereocenters. The van der Waals surface area contributed by atoms with Crippen molar-refractivity contribution in [2.75, 3.05) is 18.6 Å². The van der Waals surface area contributed by atoms with Crippen LogP contribution in [0.2, 0.25) is 0 Å². The Kier molecular flexibility index (Phi) is 4.01. The first-order valence-corrected chi connectivity index (χ1v) is 8.62. The molecule has 1 amide bonds. The molecule has 0 fully saturated rings. The molecule has 1 N–H and O–H groups in total. The molecule has 0 saturated heterocycles. The lowest BCUT2D eigenvalue weighted by atomic mass is 9.84. The van der Waals surface area contributed by atoms with E-state index in [9.17, 15) is 4.79 Å². The largest absolute Gasteiger partial charge is 0.496 e. The predicted octanol–water partition coefficient (Wildman–Crippen LogP) is 3.40. The average molecular weight is 350 g/mol. The van der Waals surface area contributed by atoms with E-state index in [1.165, 1.54) is 0 Å². The van der Waals surface area contributed by atoms with E-state index in [-0.39, 0.29) is 11.8 Å². The smallest absolute Gasteiger partial charge is 0.225 e. The molecule has 4 rings (SSSR count). The highest BCUT2D eigenvalue weighted by Gasteiger charge is 2.39. The van der Waals surface area contributed by atoms with Gasteiger partial charge in [0.2, 0.25) is 5.91 Å². The van der Waals surface area contributed by atoms with Crippen molar-refractivity contribution >= 4 is 28.8 Å². The van der Waals surface area contributed by atoms with Crippen LogP contribution in [0.15, 0.2) is 65.9 Å². The highest BCUT2D eigenvalue weighted by Crippen LogP contribution is 2.42. The zero-order chi connectivity index (χ0) is 17.4. The Labute approximate surface area is 152 Å². The van der Waals surface area contributed by atoms with Gasteiger partial charge in [-0.3, -0.25) is 4.79 Å². The molecule has 5 heteroatoms. The third-order valence-electron chi connectivity index (χ3n) is 4.73. The second kappa shape index (κ2) is 6.33. The Bertz CT molecular complexity index is 876. The average Bonchev–Trinajstić information content (AvgIpc) is 2.98. The third kappa shape index (κ3) is 2.70. The summed E-state index contributed by atoms with van der Waals surface area (Å²) < 4.78 is 5.52. The van der Waals surface area contributed by atoms with Crippen molar-refractivity contribution in [3.63, 3.8) is 0 Å². The molecule has 0 aromatic heterocycles. The summed E-state index contributed by atoms with van der Waals surface area (Å²) in [6.07, 6.45) is 0.377. The molecule has 0 radical (unpaired) electrons. The van der Waals surface area contributed by atoms with Gasteiger partial charge in [-0.05, 0) is 18.2 Å². The first-order chi connectivity index (χ1) is 12.2. The lowest BCUT2D eigenvalue weighted by Gasteiger charge is -2.26. The summed E-state index contributed by atoms with van der Waals surface area (Å²) in [4.78, 5) is 15.1. The second-order valence-corrected chi connectivity index (χ2v) is 6.55. The number of nitrogens with one attached hydrogen (secondary N) is 1. The van der Waals surface area contributed by atoms with E-state index in [1.54, 1.807) is 7.11 Å². The van der Waals surface area contributed by atoms with Crippen molar-refractivity contribution in [2.24, 2.45) is 0 Å². The molecule has 1 atom stereocenters. The fourth-order valence-electron chi connectivity index (χ4n) is 3.60. The lowest BCUT2D eigenvalue weighted by Crippen LogP contribution is -2.32. The maximum Gasteiger partial charge on any atom is 0.225 e. The van der Waals surface area contributed by atoms with Gasteiger partial charge >= 0.3 is 0 Å². The van der Waals surface area contributed by atoms with Gasteiger partial charge in [-0.1, -0.05) is 48.6 Å². The number of thiocarbonyl (C=S) groups is 1. The van der Waals surface area contributed by atoms with Gasteiger partial charge in [-0.15, -0.1) is 0 Å². The van der Waals surface area contributed by atoms with Crippen LogP contribution >= 0.6 is 12.2 Å². The monoisotopic (exact) mass is 350 g/mol. The SMILES string of the molecule is COc1ccccc1C1CC(=O)NC2=C1C(=S)N(c1ccccc1)C2. The maximum absolute atomic E-state index is 12.3. The number of carbonyl (C=O) groups excluding carboxylic acids is 1. The number of rotatable bonds is 3. The Morgan fingerprint density at radius 3 is 2.60 bits per heavy atom. The Hall–Kier alpha value is -2.66. The molecular weight excluding hydrogens is 332 g/mol. The number of methoxy groups -OCH3 is 1. The van der Waals surface area contributed by atoms with Crippen LogP contribution in [-0.2, 0) is 4.79 Å². The lowest BCUT2D eigenvalue weighted by molar-refractivity contribution is -0.121. The van der Waals surface area contributed by atoms with Crippen LogP contribution in [0, 0.1) is 0 Å². The van der Waals surface area contributed by atoms with Gasteiger partial charge in [0, 0.05) is 34.9 Å². The van der Waals surface area contributed by atoms with Crippen LogP contribution in [0.3, 0.4) is 0 Å². The van der Waals surface area contributed by atoms with Crippen LogP contribution in [0.4, 0.5) is 5.69 Å². The minimum Gasteiger partial charge on any atom is -0.496 e. The van der Waals surface area contributed by atoms with Crippen LogP contribution < -0.4 is 15.0 Å². The van der Waals surface area contributed by atoms with Crippen LogP contribution in [0.1, 0.15) is 17.9 Å². The topological polar surface area (TPSA) is 41.6 Å². The van der Waals surface area contributed by atoms with E-state index in [4.69, 9.17) is 17.0 Å². The molecular formula is C20H18N2O2S. The number of ether oxygens (including phenoxy) is 1. The number of nitrogens with zero attached hydrogens (tertiary/aromatic N) is 1. The Morgan fingerprint density at radius 1 is 1.12 bits per heavy atom. The highest BCUT2D eigenvalue weighted by molar-refractivity contribution is 7.81. The highest BCUT2D eigenvalue weighted by atomic mass is 32.1. The molecule has 0 aliphatic carbocycles. The van der Waals surface area contributed by atoms with Gasteiger partial charge in [0.05, 0.1) is 13.7 Å². The number of hydrogen-bond donors (Lipinski definition) is 1. The number of carbonyl (C=O) groups is 1. The van der Waals surface area contributed by atoms with Gasteiger partial charge in [-0.25, -0.2) is 0 Å². The van der Waals surface area contributed by atoms with Crippen molar-refractivity contribution in [2.45, 2.75) is 12.3 Å². The molecule has 2 aromatic rings. The predicted molar refractivity (Wildman–Crippen MR) is 102 cm³/mol. The molecule has 2 heterocycles. The zero-order valence-corrected chi connectivity index (χ0v) is 14.7. The van der Waals surface area contributed by atoms with E-state index in [0.29, 0.717) is 13.0 Å². The molecule has 0 spiro atoms. The van der Waals surface area contributed by atoms with Gasteiger partial charge in [0.15, 0.2) is 0 Å². The number of amides is 1. The third-order valence-corrected chi connectivity index (χ3v) is 5.17. The van der Waals surface area contributed by atoms with Crippen molar-refractivity contribution < 1.29 is 9.53 Å². The van der Waals surface area contributed by atoms with Gasteiger partial charge in [0.1, 0.15) is 10.7 Å². The number of anilines is 1. The summed E-state index contributed by atoms with van der Waals surface area (Å²) in [7, 11) is 1.65. The van der Waals surface area contributed by atoms with E-state index >= 15 is 0 Å². The summed E-state index contributed by atoms with van der Waals surface area (Å²) in [6.45, 7) is 0.593. The van der Waals surface area contributed by atoms with Crippen LogP contribution in [0.5, 0.6) is 5.75 Å². The van der Waals surface area contributed by atoms with E-state index in [2.05, 4.69) is 10.2 Å². The molecule has 25 heavy (non-hydrogen) atoms. The van der Waals surface area contributed by atoms with Gasteiger partial charge in [0.25, 0.3) is 0 Å². The van der Waals surface area contributed by atoms with Gasteiger partial charge in [-0.2, -0.15) is 0 Å². The summed E-state index contributed by atoms with van der Waals surface area (Å²) in [5, 5.41) is 3.02. The Morgan fingerprint density at radius 2 is 1.84 bits per heavy atom. The zero-order valence-electron chi connectivity index (χ0n) is 13.9. The van der Waals surface area contributed by atoms with Crippen molar-refractivity contribution in [3.05, 3.63) is 71.4 Å². The number of benzene rings is 2. The maximum atomic E-state index is 12.3. The normalized spacial score (nSPS) is 19.7. The molecule has 0 saturated carbocycles. The minimum atomic E-state index is -0.0823. The number of hydrogen-bond acceptors (Lipinski definition) is 3. The second-order valence-electron chi connectivity index (χ2n) is 6.17. The summed E-state index contributed by atoms with van der Waals surface area (Å²) in [6, 6.07) is 17.9. The molecule has 0 bridgehead atoms. The van der Waals surface area contributed by atoms with E-state index < -0.39 is 0 Å². The standard InChI is InChI=1S/C20H18N2O2S/c1-24-17-10-6-5-9-14(17)15-11-18(23)21-16-12-22(20(25)19(15)16)13-7-3-2-4-8-13/h2-10,15H,11-12H2,1H3,(H,21,23). The van der Waals surface area contributed by atoms with Crippen LogP contribution in [-0.4, -0.2) is 24.6 Å². The molecule has 126 valence electrons. The van der Waals surface area contributed by atoms with E-state index in [1.807, 2.05) is 54.6 Å².